The van der Waals surface area contributed by atoms with Crippen LogP contribution in [0.15, 0.2) is 47.3 Å². The standard InChI is InChI=1S/C17H17N3O/c18-14-8-7-12-6-5-11(9-13(12)14)10-20-16-4-2-1-3-15(16)19-17(20)21/h1-6,9,14H,7-8,10,18H2,(H,19,21). The lowest BCUT2D eigenvalue weighted by molar-refractivity contribution is 0.711. The summed E-state index contributed by atoms with van der Waals surface area (Å²) >= 11 is 0. The maximum Gasteiger partial charge on any atom is 0.326 e. The lowest BCUT2D eigenvalue weighted by atomic mass is 10.0. The maximum absolute atomic E-state index is 12.1. The SMILES string of the molecule is NC1CCc2ccc(Cn3c(=O)[nH]c4ccccc43)cc21. The third-order valence-corrected chi connectivity index (χ3v) is 4.36. The van der Waals surface area contributed by atoms with E-state index < -0.39 is 0 Å². The lowest BCUT2D eigenvalue weighted by Crippen LogP contribution is -2.17. The summed E-state index contributed by atoms with van der Waals surface area (Å²) in [5.74, 6) is 0. The van der Waals surface area contributed by atoms with Gasteiger partial charge in [-0.2, -0.15) is 0 Å². The number of aromatic nitrogens is 2. The van der Waals surface area contributed by atoms with E-state index in [1.165, 1.54) is 11.1 Å². The third-order valence-electron chi connectivity index (χ3n) is 4.36. The summed E-state index contributed by atoms with van der Waals surface area (Å²) in [7, 11) is 0. The molecule has 0 radical (unpaired) electrons. The van der Waals surface area contributed by atoms with Gasteiger partial charge in [-0.25, -0.2) is 4.79 Å². The molecule has 4 rings (SSSR count). The quantitative estimate of drug-likeness (QED) is 0.756. The van der Waals surface area contributed by atoms with E-state index in [0.29, 0.717) is 6.54 Å². The predicted molar refractivity (Wildman–Crippen MR) is 83.4 cm³/mol. The fourth-order valence-corrected chi connectivity index (χ4v) is 3.23. The Bertz CT molecular complexity index is 875. The molecular weight excluding hydrogens is 262 g/mol. The number of H-pyrrole nitrogens is 1. The summed E-state index contributed by atoms with van der Waals surface area (Å²) in [5.41, 5.74) is 11.6. The minimum atomic E-state index is -0.0685. The number of rotatable bonds is 2. The van der Waals surface area contributed by atoms with Gasteiger partial charge in [-0.05, 0) is 41.7 Å². The zero-order valence-electron chi connectivity index (χ0n) is 11.7. The molecule has 0 spiro atoms. The zero-order chi connectivity index (χ0) is 14.4. The molecule has 0 saturated heterocycles. The van der Waals surface area contributed by atoms with E-state index >= 15 is 0 Å². The van der Waals surface area contributed by atoms with E-state index in [1.807, 2.05) is 24.3 Å². The summed E-state index contributed by atoms with van der Waals surface area (Å²) in [4.78, 5) is 15.0. The summed E-state index contributed by atoms with van der Waals surface area (Å²) in [6, 6.07) is 14.3. The van der Waals surface area contributed by atoms with Gasteiger partial charge in [0, 0.05) is 6.04 Å². The van der Waals surface area contributed by atoms with E-state index in [-0.39, 0.29) is 11.7 Å². The molecule has 1 atom stereocenters. The van der Waals surface area contributed by atoms with Crippen molar-refractivity contribution in [2.24, 2.45) is 5.73 Å². The molecule has 3 aromatic rings. The molecular formula is C17H17N3O. The average Bonchev–Trinajstić information content (AvgIpc) is 3.01. The van der Waals surface area contributed by atoms with Gasteiger partial charge in [0.05, 0.1) is 17.6 Å². The molecule has 0 amide bonds. The number of aromatic amines is 1. The molecule has 21 heavy (non-hydrogen) atoms. The van der Waals surface area contributed by atoms with Crippen molar-refractivity contribution in [2.45, 2.75) is 25.4 Å². The number of nitrogens with zero attached hydrogens (tertiary/aromatic N) is 1. The van der Waals surface area contributed by atoms with E-state index in [9.17, 15) is 4.79 Å². The minimum absolute atomic E-state index is 0.0685. The smallest absolute Gasteiger partial charge is 0.324 e. The van der Waals surface area contributed by atoms with Crippen LogP contribution in [0.25, 0.3) is 11.0 Å². The second kappa shape index (κ2) is 4.60. The summed E-state index contributed by atoms with van der Waals surface area (Å²) < 4.78 is 1.78. The zero-order valence-corrected chi connectivity index (χ0v) is 11.7. The number of para-hydroxylation sites is 2. The third kappa shape index (κ3) is 1.99. The number of aryl methyl sites for hydroxylation is 1. The molecule has 106 valence electrons. The fourth-order valence-electron chi connectivity index (χ4n) is 3.23. The molecule has 0 saturated carbocycles. The highest BCUT2D eigenvalue weighted by Crippen LogP contribution is 2.30. The van der Waals surface area contributed by atoms with Crippen LogP contribution in [0.4, 0.5) is 0 Å². The Labute approximate surface area is 122 Å². The van der Waals surface area contributed by atoms with Gasteiger partial charge in [-0.1, -0.05) is 30.3 Å². The first-order chi connectivity index (χ1) is 10.2. The Balaban J connectivity index is 1.77. The van der Waals surface area contributed by atoms with Crippen molar-refractivity contribution in [1.29, 1.82) is 0 Å². The molecule has 0 bridgehead atoms. The topological polar surface area (TPSA) is 63.8 Å². The van der Waals surface area contributed by atoms with Gasteiger partial charge in [-0.3, -0.25) is 4.57 Å². The lowest BCUT2D eigenvalue weighted by Gasteiger charge is -2.09. The first kappa shape index (κ1) is 12.4. The molecule has 3 N–H and O–H groups in total. The second-order valence-electron chi connectivity index (χ2n) is 5.71. The van der Waals surface area contributed by atoms with E-state index in [0.717, 1.165) is 29.4 Å². The van der Waals surface area contributed by atoms with Crippen molar-refractivity contribution in [2.75, 3.05) is 0 Å². The highest BCUT2D eigenvalue weighted by molar-refractivity contribution is 5.75. The Morgan fingerprint density at radius 3 is 3.00 bits per heavy atom. The minimum Gasteiger partial charge on any atom is -0.324 e. The monoisotopic (exact) mass is 279 g/mol. The number of imidazole rings is 1. The van der Waals surface area contributed by atoms with Crippen molar-refractivity contribution in [1.82, 2.24) is 9.55 Å². The van der Waals surface area contributed by atoms with Gasteiger partial charge in [-0.15, -0.1) is 0 Å². The molecule has 1 aliphatic rings. The Morgan fingerprint density at radius 2 is 2.10 bits per heavy atom. The number of nitrogens with one attached hydrogen (secondary N) is 1. The normalized spacial score (nSPS) is 17.3. The van der Waals surface area contributed by atoms with Crippen LogP contribution in [0.2, 0.25) is 0 Å². The largest absolute Gasteiger partial charge is 0.326 e. The van der Waals surface area contributed by atoms with Gasteiger partial charge < -0.3 is 10.7 Å². The van der Waals surface area contributed by atoms with Crippen molar-refractivity contribution >= 4 is 11.0 Å². The molecule has 1 unspecified atom stereocenters. The van der Waals surface area contributed by atoms with Crippen LogP contribution in [-0.2, 0) is 13.0 Å². The molecule has 1 heterocycles. The van der Waals surface area contributed by atoms with E-state index in [4.69, 9.17) is 5.73 Å². The predicted octanol–water partition coefficient (Wildman–Crippen LogP) is 2.32. The molecule has 1 aromatic heterocycles. The number of benzene rings is 2. The number of hydrogen-bond acceptors (Lipinski definition) is 2. The highest BCUT2D eigenvalue weighted by Gasteiger charge is 2.19. The van der Waals surface area contributed by atoms with E-state index in [1.54, 1.807) is 4.57 Å². The van der Waals surface area contributed by atoms with Crippen molar-refractivity contribution in [3.8, 4) is 0 Å². The molecule has 2 aromatic carbocycles. The van der Waals surface area contributed by atoms with Crippen LogP contribution >= 0.6 is 0 Å². The van der Waals surface area contributed by atoms with Crippen LogP contribution in [0.1, 0.15) is 29.2 Å². The maximum atomic E-state index is 12.1. The molecule has 0 aliphatic heterocycles. The van der Waals surface area contributed by atoms with Gasteiger partial charge in [0.2, 0.25) is 0 Å². The Kier molecular flexibility index (Phi) is 2.72. The fraction of sp³-hybridized carbons (Fsp3) is 0.235. The highest BCUT2D eigenvalue weighted by atomic mass is 16.1. The molecule has 4 nitrogen and oxygen atoms in total. The Hall–Kier alpha value is -2.33. The summed E-state index contributed by atoms with van der Waals surface area (Å²) in [6.45, 7) is 0.572. The number of fused-ring (bicyclic) bond motifs is 2. The molecule has 4 heteroatoms. The van der Waals surface area contributed by atoms with Crippen LogP contribution in [0, 0.1) is 0 Å². The number of nitrogens with two attached hydrogens (primary N) is 1. The van der Waals surface area contributed by atoms with Gasteiger partial charge in [0.15, 0.2) is 0 Å². The van der Waals surface area contributed by atoms with Gasteiger partial charge in [0.25, 0.3) is 0 Å². The first-order valence-corrected chi connectivity index (χ1v) is 7.27. The van der Waals surface area contributed by atoms with Crippen molar-refractivity contribution in [3.63, 3.8) is 0 Å². The summed E-state index contributed by atoms with van der Waals surface area (Å²) in [5, 5.41) is 0. The number of hydrogen-bond donors (Lipinski definition) is 2. The van der Waals surface area contributed by atoms with Gasteiger partial charge >= 0.3 is 5.69 Å². The van der Waals surface area contributed by atoms with Crippen molar-refractivity contribution in [3.05, 3.63) is 69.6 Å². The summed E-state index contributed by atoms with van der Waals surface area (Å²) in [6.07, 6.45) is 2.08. The second-order valence-corrected chi connectivity index (χ2v) is 5.71. The van der Waals surface area contributed by atoms with Crippen LogP contribution in [-0.4, -0.2) is 9.55 Å². The molecule has 1 aliphatic carbocycles. The average molecular weight is 279 g/mol. The Morgan fingerprint density at radius 1 is 1.24 bits per heavy atom. The van der Waals surface area contributed by atoms with Gasteiger partial charge in [0.1, 0.15) is 0 Å². The molecule has 0 fully saturated rings. The van der Waals surface area contributed by atoms with Crippen LogP contribution in [0.5, 0.6) is 0 Å². The van der Waals surface area contributed by atoms with Crippen LogP contribution in [0.3, 0.4) is 0 Å². The van der Waals surface area contributed by atoms with Crippen LogP contribution < -0.4 is 11.4 Å². The van der Waals surface area contributed by atoms with E-state index in [2.05, 4.69) is 23.2 Å². The van der Waals surface area contributed by atoms with Crippen molar-refractivity contribution < 1.29 is 0 Å². The first-order valence-electron chi connectivity index (χ1n) is 7.27.